The van der Waals surface area contributed by atoms with E-state index in [-0.39, 0.29) is 16.9 Å². The predicted molar refractivity (Wildman–Crippen MR) is 91.2 cm³/mol. The van der Waals surface area contributed by atoms with E-state index in [0.717, 1.165) is 37.2 Å². The monoisotopic (exact) mass is 336 g/mol. The number of carbonyl (C=O) groups excluding carboxylic acids is 1. The Hall–Kier alpha value is -1.40. The van der Waals surface area contributed by atoms with Crippen LogP contribution in [-0.4, -0.2) is 50.4 Å². The molecule has 0 unspecified atom stereocenters. The van der Waals surface area contributed by atoms with Crippen LogP contribution in [0.3, 0.4) is 0 Å². The maximum absolute atomic E-state index is 12.7. The summed E-state index contributed by atoms with van der Waals surface area (Å²) in [6.07, 6.45) is 3.31. The Labute approximate surface area is 138 Å². The van der Waals surface area contributed by atoms with Gasteiger partial charge >= 0.3 is 0 Å². The average molecular weight is 336 g/mol. The first-order valence-corrected chi connectivity index (χ1v) is 9.97. The second kappa shape index (κ2) is 6.61. The predicted octanol–water partition coefficient (Wildman–Crippen LogP) is 1.82. The van der Waals surface area contributed by atoms with Gasteiger partial charge in [-0.05, 0) is 31.5 Å². The van der Waals surface area contributed by atoms with Crippen LogP contribution in [0.4, 0.5) is 5.69 Å². The van der Waals surface area contributed by atoms with Gasteiger partial charge in [-0.3, -0.25) is 4.79 Å². The molecule has 0 saturated heterocycles. The number of amides is 1. The van der Waals surface area contributed by atoms with Crippen LogP contribution >= 0.6 is 0 Å². The van der Waals surface area contributed by atoms with E-state index < -0.39 is 9.84 Å². The summed E-state index contributed by atoms with van der Waals surface area (Å²) in [4.78, 5) is 16.5. The molecule has 1 fully saturated rings. The molecule has 1 aromatic rings. The molecule has 1 aromatic carbocycles. The van der Waals surface area contributed by atoms with Gasteiger partial charge in [0, 0.05) is 25.3 Å². The van der Waals surface area contributed by atoms with Crippen LogP contribution in [-0.2, 0) is 21.2 Å². The third-order valence-electron chi connectivity index (χ3n) is 4.86. The summed E-state index contributed by atoms with van der Waals surface area (Å²) in [6.45, 7) is 2.05. The van der Waals surface area contributed by atoms with Crippen molar-refractivity contribution in [3.8, 4) is 0 Å². The average Bonchev–Trinajstić information content (AvgIpc) is 2.98. The number of nitrogens with zero attached hydrogens (tertiary/aromatic N) is 2. The fourth-order valence-electron chi connectivity index (χ4n) is 3.54. The second-order valence-corrected chi connectivity index (χ2v) is 8.91. The highest BCUT2D eigenvalue weighted by molar-refractivity contribution is 7.92. The van der Waals surface area contributed by atoms with Gasteiger partial charge < -0.3 is 9.80 Å². The molecule has 1 aliphatic carbocycles. The molecular formula is C17H24N2O3S. The highest BCUT2D eigenvalue weighted by Gasteiger charge is 2.33. The number of sulfone groups is 1. The number of fused-ring (bicyclic) bond motifs is 1. The van der Waals surface area contributed by atoms with E-state index in [1.54, 1.807) is 4.90 Å². The molecule has 3 rings (SSSR count). The highest BCUT2D eigenvalue weighted by Crippen LogP contribution is 2.28. The van der Waals surface area contributed by atoms with Crippen LogP contribution in [0, 0.1) is 0 Å². The van der Waals surface area contributed by atoms with Crippen LogP contribution in [0.15, 0.2) is 24.3 Å². The molecular weight excluding hydrogens is 312 g/mol. The second-order valence-electron chi connectivity index (χ2n) is 6.63. The number of likely N-dealkylation sites (N-methyl/N-ethyl adjacent to an activating group) is 1. The van der Waals surface area contributed by atoms with Crippen LogP contribution in [0.25, 0.3) is 0 Å². The van der Waals surface area contributed by atoms with E-state index in [1.807, 2.05) is 31.3 Å². The molecule has 23 heavy (non-hydrogen) atoms. The van der Waals surface area contributed by atoms with Crippen LogP contribution in [0.5, 0.6) is 0 Å². The summed E-state index contributed by atoms with van der Waals surface area (Å²) in [5.41, 5.74) is 1.92. The molecule has 0 radical (unpaired) electrons. The third kappa shape index (κ3) is 3.58. The number of anilines is 1. The molecule has 0 spiro atoms. The Kier molecular flexibility index (Phi) is 4.73. The fourth-order valence-corrected chi connectivity index (χ4v) is 5.33. The van der Waals surface area contributed by atoms with Gasteiger partial charge in [-0.2, -0.15) is 0 Å². The molecule has 0 aromatic heterocycles. The molecule has 1 aliphatic heterocycles. The summed E-state index contributed by atoms with van der Waals surface area (Å²) in [5.74, 6) is -0.657. The Morgan fingerprint density at radius 1 is 1.17 bits per heavy atom. The molecule has 1 amide bonds. The van der Waals surface area contributed by atoms with Crippen molar-refractivity contribution in [2.45, 2.75) is 37.5 Å². The quantitative estimate of drug-likeness (QED) is 0.845. The lowest BCUT2D eigenvalue weighted by Crippen LogP contribution is -2.40. The summed E-state index contributed by atoms with van der Waals surface area (Å²) in [5, 5.41) is -0.323. The lowest BCUT2D eigenvalue weighted by atomic mass is 10.1. The minimum absolute atomic E-state index is 0.292. The van der Waals surface area contributed by atoms with Gasteiger partial charge in [0.05, 0.1) is 5.25 Å². The van der Waals surface area contributed by atoms with Crippen molar-refractivity contribution in [2.24, 2.45) is 0 Å². The van der Waals surface area contributed by atoms with Gasteiger partial charge in [0.25, 0.3) is 0 Å². The van der Waals surface area contributed by atoms with E-state index in [1.165, 1.54) is 0 Å². The van der Waals surface area contributed by atoms with Gasteiger partial charge in [-0.1, -0.05) is 31.0 Å². The lowest BCUT2D eigenvalue weighted by molar-refractivity contribution is -0.116. The SMILES string of the molecule is CN1CCN(C(=O)CS(=O)(=O)C2CCCC2)c2ccccc2C1. The molecule has 1 heterocycles. The van der Waals surface area contributed by atoms with Gasteiger partial charge in [0.1, 0.15) is 5.75 Å². The lowest BCUT2D eigenvalue weighted by Gasteiger charge is -2.23. The van der Waals surface area contributed by atoms with Gasteiger partial charge in [-0.15, -0.1) is 0 Å². The third-order valence-corrected chi connectivity index (χ3v) is 7.00. The zero-order valence-corrected chi connectivity index (χ0v) is 14.4. The van der Waals surface area contributed by atoms with Crippen LogP contribution < -0.4 is 4.90 Å². The topological polar surface area (TPSA) is 57.7 Å². The molecule has 1 saturated carbocycles. The first-order chi connectivity index (χ1) is 11.0. The van der Waals surface area contributed by atoms with Crippen molar-refractivity contribution in [3.05, 3.63) is 29.8 Å². The fraction of sp³-hybridized carbons (Fsp3) is 0.588. The number of para-hydroxylation sites is 1. The number of rotatable bonds is 3. The zero-order valence-electron chi connectivity index (χ0n) is 13.6. The van der Waals surface area contributed by atoms with E-state index in [4.69, 9.17) is 0 Å². The molecule has 0 N–H and O–H groups in total. The maximum atomic E-state index is 12.7. The Bertz CT molecular complexity index is 681. The first kappa shape index (κ1) is 16.5. The van der Waals surface area contributed by atoms with Crippen molar-refractivity contribution in [3.63, 3.8) is 0 Å². The van der Waals surface area contributed by atoms with Gasteiger partial charge in [-0.25, -0.2) is 8.42 Å². The van der Waals surface area contributed by atoms with E-state index in [2.05, 4.69) is 4.90 Å². The van der Waals surface area contributed by atoms with E-state index in [9.17, 15) is 13.2 Å². The van der Waals surface area contributed by atoms with E-state index >= 15 is 0 Å². The molecule has 6 heteroatoms. The van der Waals surface area contributed by atoms with Gasteiger partial charge in [0.2, 0.25) is 5.91 Å². The normalized spacial score (nSPS) is 20.3. The minimum Gasteiger partial charge on any atom is -0.310 e. The number of hydrogen-bond acceptors (Lipinski definition) is 4. The number of benzene rings is 1. The Morgan fingerprint density at radius 3 is 2.61 bits per heavy atom. The summed E-state index contributed by atoms with van der Waals surface area (Å²) < 4.78 is 25.0. The smallest absolute Gasteiger partial charge is 0.242 e. The van der Waals surface area contributed by atoms with E-state index in [0.29, 0.717) is 19.4 Å². The van der Waals surface area contributed by atoms with Crippen LogP contribution in [0.2, 0.25) is 0 Å². The van der Waals surface area contributed by atoms with Crippen molar-refractivity contribution in [1.82, 2.24) is 4.90 Å². The Morgan fingerprint density at radius 2 is 1.87 bits per heavy atom. The molecule has 2 aliphatic rings. The number of carbonyl (C=O) groups is 1. The minimum atomic E-state index is -3.34. The number of hydrogen-bond donors (Lipinski definition) is 0. The summed E-state index contributed by atoms with van der Waals surface area (Å²) in [6, 6.07) is 7.77. The molecule has 0 bridgehead atoms. The van der Waals surface area contributed by atoms with Crippen molar-refractivity contribution in [1.29, 1.82) is 0 Å². The summed E-state index contributed by atoms with van der Waals surface area (Å²) in [7, 11) is -1.33. The summed E-state index contributed by atoms with van der Waals surface area (Å²) >= 11 is 0. The maximum Gasteiger partial charge on any atom is 0.242 e. The highest BCUT2D eigenvalue weighted by atomic mass is 32.2. The van der Waals surface area contributed by atoms with Crippen molar-refractivity contribution >= 4 is 21.4 Å². The molecule has 0 atom stereocenters. The standard InChI is InChI=1S/C17H24N2O3S/c1-18-10-11-19(16-9-5-2-6-14(16)12-18)17(20)13-23(21,22)15-7-3-4-8-15/h2,5-6,9,15H,3-4,7-8,10-13H2,1H3. The van der Waals surface area contributed by atoms with Crippen molar-refractivity contribution in [2.75, 3.05) is 30.8 Å². The van der Waals surface area contributed by atoms with Crippen LogP contribution in [0.1, 0.15) is 31.2 Å². The first-order valence-electron chi connectivity index (χ1n) is 8.26. The van der Waals surface area contributed by atoms with Gasteiger partial charge in [0.15, 0.2) is 9.84 Å². The molecule has 126 valence electrons. The zero-order chi connectivity index (χ0) is 16.4. The molecule has 5 nitrogen and oxygen atoms in total. The van der Waals surface area contributed by atoms with Crippen molar-refractivity contribution < 1.29 is 13.2 Å². The Balaban J connectivity index is 1.81. The largest absolute Gasteiger partial charge is 0.310 e.